The Balaban J connectivity index is 3.98. The molecule has 0 saturated heterocycles. The molecule has 14 heavy (non-hydrogen) atoms. The number of halogens is 3. The number of allylic oxidation sites excluding steroid dienone is 1. The van der Waals surface area contributed by atoms with Crippen molar-refractivity contribution in [1.29, 1.82) is 0 Å². The lowest BCUT2D eigenvalue weighted by molar-refractivity contribution is -0.148. The minimum Gasteiger partial charge on any atom is -0.461 e. The third-order valence-electron chi connectivity index (χ3n) is 1.66. The Morgan fingerprint density at radius 3 is 2.50 bits per heavy atom. The maximum Gasteiger partial charge on any atom is 0.309 e. The molecular formula is C9H13Cl3O2. The van der Waals surface area contributed by atoms with Gasteiger partial charge in [0.1, 0.15) is 6.61 Å². The highest BCUT2D eigenvalue weighted by Crippen LogP contribution is 2.26. The topological polar surface area (TPSA) is 26.3 Å². The maximum absolute atomic E-state index is 11.4. The van der Waals surface area contributed by atoms with Gasteiger partial charge in [0.2, 0.25) is 3.79 Å². The highest BCUT2D eigenvalue weighted by molar-refractivity contribution is 6.67. The lowest BCUT2D eigenvalue weighted by Crippen LogP contribution is -2.22. The molecule has 0 radical (unpaired) electrons. The van der Waals surface area contributed by atoms with Crippen LogP contribution in [0.25, 0.3) is 0 Å². The molecule has 1 atom stereocenters. The van der Waals surface area contributed by atoms with Crippen molar-refractivity contribution in [2.45, 2.75) is 23.6 Å². The van der Waals surface area contributed by atoms with E-state index < -0.39 is 3.79 Å². The molecular weight excluding hydrogens is 246 g/mol. The zero-order valence-corrected chi connectivity index (χ0v) is 10.2. The molecule has 1 unspecified atom stereocenters. The number of hydrogen-bond acceptors (Lipinski definition) is 2. The van der Waals surface area contributed by atoms with Crippen LogP contribution in [0.4, 0.5) is 0 Å². The van der Waals surface area contributed by atoms with Gasteiger partial charge < -0.3 is 4.74 Å². The van der Waals surface area contributed by atoms with Crippen LogP contribution < -0.4 is 0 Å². The van der Waals surface area contributed by atoms with E-state index in [1.54, 1.807) is 6.08 Å². The number of rotatable bonds is 5. The van der Waals surface area contributed by atoms with Gasteiger partial charge in [-0.1, -0.05) is 47.8 Å². The van der Waals surface area contributed by atoms with Crippen LogP contribution in [0.3, 0.4) is 0 Å². The van der Waals surface area contributed by atoms with Crippen LogP contribution in [0.5, 0.6) is 0 Å². The highest BCUT2D eigenvalue weighted by atomic mass is 35.6. The molecule has 0 aliphatic heterocycles. The van der Waals surface area contributed by atoms with E-state index >= 15 is 0 Å². The van der Waals surface area contributed by atoms with Gasteiger partial charge in [-0.2, -0.15) is 0 Å². The minimum absolute atomic E-state index is 0.195. The SMILES string of the molecule is C=CCC(CC)C(=O)OCC(Cl)(Cl)Cl. The number of hydrogen-bond donors (Lipinski definition) is 0. The average Bonchev–Trinajstić information content (AvgIpc) is 2.09. The van der Waals surface area contributed by atoms with Crippen molar-refractivity contribution in [1.82, 2.24) is 0 Å². The van der Waals surface area contributed by atoms with Crippen molar-refractivity contribution in [2.24, 2.45) is 5.92 Å². The molecule has 0 N–H and O–H groups in total. The molecule has 0 heterocycles. The first-order valence-corrected chi connectivity index (χ1v) is 5.38. The molecule has 0 aromatic carbocycles. The summed E-state index contributed by atoms with van der Waals surface area (Å²) in [7, 11) is 0. The molecule has 0 rings (SSSR count). The predicted octanol–water partition coefficient (Wildman–Crippen LogP) is 3.50. The van der Waals surface area contributed by atoms with Gasteiger partial charge in [-0.25, -0.2) is 0 Å². The molecule has 0 bridgehead atoms. The molecule has 5 heteroatoms. The summed E-state index contributed by atoms with van der Waals surface area (Å²) >= 11 is 16.3. The van der Waals surface area contributed by atoms with Gasteiger partial charge in [0.05, 0.1) is 5.92 Å². The second-order valence-electron chi connectivity index (χ2n) is 2.85. The van der Waals surface area contributed by atoms with Crippen molar-refractivity contribution >= 4 is 40.8 Å². The van der Waals surface area contributed by atoms with Crippen LogP contribution in [0, 0.1) is 5.92 Å². The van der Waals surface area contributed by atoms with E-state index in [4.69, 9.17) is 39.5 Å². The van der Waals surface area contributed by atoms with Gasteiger partial charge in [-0.15, -0.1) is 6.58 Å². The summed E-state index contributed by atoms with van der Waals surface area (Å²) in [5.41, 5.74) is 0. The predicted molar refractivity (Wildman–Crippen MR) is 59.8 cm³/mol. The lowest BCUT2D eigenvalue weighted by atomic mass is 10.0. The first-order valence-electron chi connectivity index (χ1n) is 4.25. The van der Waals surface area contributed by atoms with Crippen molar-refractivity contribution in [3.05, 3.63) is 12.7 Å². The van der Waals surface area contributed by atoms with Gasteiger partial charge >= 0.3 is 5.97 Å². The molecule has 82 valence electrons. The molecule has 2 nitrogen and oxygen atoms in total. The van der Waals surface area contributed by atoms with Gasteiger partial charge in [0, 0.05) is 0 Å². The molecule has 0 saturated carbocycles. The Morgan fingerprint density at radius 2 is 2.14 bits per heavy atom. The number of carbonyl (C=O) groups is 1. The Bertz CT molecular complexity index is 199. The van der Waals surface area contributed by atoms with Gasteiger partial charge in [-0.05, 0) is 12.8 Å². The molecule has 0 amide bonds. The summed E-state index contributed by atoms with van der Waals surface area (Å²) in [5, 5.41) is 0. The van der Waals surface area contributed by atoms with Crippen LogP contribution in [-0.2, 0) is 9.53 Å². The maximum atomic E-state index is 11.4. The smallest absolute Gasteiger partial charge is 0.309 e. The largest absolute Gasteiger partial charge is 0.461 e. The standard InChI is InChI=1S/C9H13Cl3O2/c1-3-5-7(4-2)8(13)14-6-9(10,11)12/h3,7H,1,4-6H2,2H3. The third kappa shape index (κ3) is 6.52. The Kier molecular flexibility index (Phi) is 6.58. The first-order chi connectivity index (χ1) is 6.40. The van der Waals surface area contributed by atoms with Gasteiger partial charge in [0.15, 0.2) is 0 Å². The van der Waals surface area contributed by atoms with E-state index in [1.165, 1.54) is 0 Å². The average molecular weight is 260 g/mol. The monoisotopic (exact) mass is 258 g/mol. The second kappa shape index (κ2) is 6.54. The molecule has 0 aliphatic carbocycles. The Hall–Kier alpha value is 0.0800. The van der Waals surface area contributed by atoms with Crippen LogP contribution >= 0.6 is 34.8 Å². The molecule has 0 aromatic rings. The quantitative estimate of drug-likeness (QED) is 0.429. The Labute approximate surface area is 99.2 Å². The number of ether oxygens (including phenoxy) is 1. The molecule has 0 spiro atoms. The van der Waals surface area contributed by atoms with Gasteiger partial charge in [-0.3, -0.25) is 4.79 Å². The molecule has 0 fully saturated rings. The fraction of sp³-hybridized carbons (Fsp3) is 0.667. The van der Waals surface area contributed by atoms with E-state index in [0.717, 1.165) is 0 Å². The van der Waals surface area contributed by atoms with Crippen LogP contribution in [-0.4, -0.2) is 16.4 Å². The molecule has 0 aliphatic rings. The van der Waals surface area contributed by atoms with Crippen LogP contribution in [0.2, 0.25) is 0 Å². The number of alkyl halides is 3. The summed E-state index contributed by atoms with van der Waals surface area (Å²) in [6.07, 6.45) is 2.94. The van der Waals surface area contributed by atoms with E-state index in [1.807, 2.05) is 6.92 Å². The van der Waals surface area contributed by atoms with Crippen molar-refractivity contribution in [3.63, 3.8) is 0 Å². The van der Waals surface area contributed by atoms with Crippen molar-refractivity contribution in [2.75, 3.05) is 6.61 Å². The van der Waals surface area contributed by atoms with E-state index in [9.17, 15) is 4.79 Å². The zero-order valence-electron chi connectivity index (χ0n) is 7.93. The fourth-order valence-electron chi connectivity index (χ4n) is 0.902. The second-order valence-corrected chi connectivity index (χ2v) is 5.37. The fourth-order valence-corrected chi connectivity index (χ4v) is 1.07. The lowest BCUT2D eigenvalue weighted by Gasteiger charge is -2.15. The minimum atomic E-state index is -1.54. The van der Waals surface area contributed by atoms with E-state index in [0.29, 0.717) is 12.8 Å². The third-order valence-corrected chi connectivity index (χ3v) is 1.98. The van der Waals surface area contributed by atoms with Crippen LogP contribution in [0.1, 0.15) is 19.8 Å². The van der Waals surface area contributed by atoms with Gasteiger partial charge in [0.25, 0.3) is 0 Å². The molecule has 0 aromatic heterocycles. The summed E-state index contributed by atoms with van der Waals surface area (Å²) in [6.45, 7) is 5.23. The number of esters is 1. The summed E-state index contributed by atoms with van der Waals surface area (Å²) < 4.78 is 3.29. The first kappa shape index (κ1) is 14.1. The zero-order chi connectivity index (χ0) is 11.2. The van der Waals surface area contributed by atoms with Crippen molar-refractivity contribution in [3.8, 4) is 0 Å². The van der Waals surface area contributed by atoms with E-state index in [-0.39, 0.29) is 18.5 Å². The summed E-state index contributed by atoms with van der Waals surface area (Å²) in [5.74, 6) is -0.543. The number of carbonyl (C=O) groups excluding carboxylic acids is 1. The van der Waals surface area contributed by atoms with Crippen molar-refractivity contribution < 1.29 is 9.53 Å². The van der Waals surface area contributed by atoms with Crippen LogP contribution in [0.15, 0.2) is 12.7 Å². The highest BCUT2D eigenvalue weighted by Gasteiger charge is 2.24. The van der Waals surface area contributed by atoms with E-state index in [2.05, 4.69) is 6.58 Å². The normalized spacial score (nSPS) is 13.4. The summed E-state index contributed by atoms with van der Waals surface area (Å²) in [6, 6.07) is 0. The Morgan fingerprint density at radius 1 is 1.57 bits per heavy atom. The summed E-state index contributed by atoms with van der Waals surface area (Å²) in [4.78, 5) is 11.4.